The van der Waals surface area contributed by atoms with Gasteiger partial charge in [0, 0.05) is 48.9 Å². The minimum Gasteiger partial charge on any atom is -0.398 e. The third-order valence-corrected chi connectivity index (χ3v) is 4.76. The molecule has 0 aliphatic rings. The Hall–Kier alpha value is -2.99. The molecule has 0 heterocycles. The number of nitrogens with zero attached hydrogens (tertiary/aromatic N) is 2. The molecule has 0 fully saturated rings. The van der Waals surface area contributed by atoms with E-state index < -0.39 is 31.2 Å². The largest absolute Gasteiger partial charge is 0.398 e. The lowest BCUT2D eigenvalue weighted by Crippen LogP contribution is -2.26. The number of aryl methyl sites for hydroxylation is 2. The fourth-order valence-electron chi connectivity index (χ4n) is 2.83. The predicted molar refractivity (Wildman–Crippen MR) is 176 cm³/mol. The fourth-order valence-corrected chi connectivity index (χ4v) is 2.83. The lowest BCUT2D eigenvalue weighted by molar-refractivity contribution is 0.302. The van der Waals surface area contributed by atoms with Gasteiger partial charge in [-0.05, 0) is 63.1 Å². The number of nitrogens with two attached hydrogens (primary N) is 4. The van der Waals surface area contributed by atoms with Crippen LogP contribution in [0.4, 0.5) is 22.7 Å². The van der Waals surface area contributed by atoms with Crippen LogP contribution in [0.25, 0.3) is 0 Å². The van der Waals surface area contributed by atoms with Gasteiger partial charge in [0.05, 0.1) is 13.2 Å². The molecule has 0 bridgehead atoms. The summed E-state index contributed by atoms with van der Waals surface area (Å²) in [6.07, 6.45) is 0. The van der Waals surface area contributed by atoms with Crippen LogP contribution in [0.3, 0.4) is 0 Å². The van der Waals surface area contributed by atoms with E-state index in [1.807, 2.05) is 50.2 Å². The zero-order valence-electron chi connectivity index (χ0n) is 26.1. The van der Waals surface area contributed by atoms with Crippen LogP contribution in [-0.2, 0) is 31.2 Å². The van der Waals surface area contributed by atoms with Crippen molar-refractivity contribution in [2.75, 3.05) is 60.7 Å². The molecule has 0 aliphatic heterocycles. The summed E-state index contributed by atoms with van der Waals surface area (Å²) in [4.78, 5) is 4.19. The third kappa shape index (κ3) is 43.0. The molecule has 18 N–H and O–H groups in total. The first kappa shape index (κ1) is 53.5. The second kappa shape index (κ2) is 29.2. The summed E-state index contributed by atoms with van der Waals surface area (Å²) in [5.74, 6) is 7.00. The zero-order valence-corrected chi connectivity index (χ0v) is 28.5. The predicted octanol–water partition coefficient (Wildman–Crippen LogP) is -0.498. The van der Waals surface area contributed by atoms with Gasteiger partial charge in [-0.3, -0.25) is 27.3 Å². The maximum Gasteiger partial charge on any atom is 0.394 e. The minimum atomic E-state index is -4.67. The van der Waals surface area contributed by atoms with Crippen molar-refractivity contribution in [3.63, 3.8) is 0 Å². The van der Waals surface area contributed by atoms with E-state index in [-0.39, 0.29) is 13.2 Å². The number of anilines is 4. The standard InChI is InChI=1S/2C11H18N2O.2H3NO.3H2O4S/c2*1-3-13(6-7-14)10-5-4-9(2)11(12)8-10;2*1-2;3*1-5(2,3)4/h2*4-5,8,14H,3,6-7,12H2,1-2H3;2*2H,1H2;3*(H2,1,2,3,4). The third-order valence-electron chi connectivity index (χ3n) is 4.76. The molecular formula is C22H48N6O16S3. The van der Waals surface area contributed by atoms with Gasteiger partial charge >= 0.3 is 31.2 Å². The van der Waals surface area contributed by atoms with Crippen LogP contribution in [0, 0.1) is 13.8 Å². The molecule has 2 aromatic carbocycles. The Balaban J connectivity index is -0.000000165. The number of hydrogen-bond acceptors (Lipinski definition) is 16. The molecule has 22 nitrogen and oxygen atoms in total. The van der Waals surface area contributed by atoms with E-state index in [4.69, 9.17) is 84.7 Å². The second-order valence-corrected chi connectivity index (χ2v) is 10.7. The van der Waals surface area contributed by atoms with Crippen molar-refractivity contribution in [3.05, 3.63) is 47.5 Å². The number of benzene rings is 2. The molecule has 0 saturated carbocycles. The highest BCUT2D eigenvalue weighted by molar-refractivity contribution is 7.80. The van der Waals surface area contributed by atoms with Gasteiger partial charge in [0.25, 0.3) is 0 Å². The highest BCUT2D eigenvalue weighted by Gasteiger charge is 2.05. The minimum absolute atomic E-state index is 0.168. The fraction of sp³-hybridized carbons (Fsp3) is 0.455. The van der Waals surface area contributed by atoms with Crippen molar-refractivity contribution in [3.8, 4) is 0 Å². The summed E-state index contributed by atoms with van der Waals surface area (Å²) < 4.78 is 94.8. The van der Waals surface area contributed by atoms with Gasteiger partial charge in [0.15, 0.2) is 0 Å². The van der Waals surface area contributed by atoms with E-state index in [0.717, 1.165) is 47.0 Å². The van der Waals surface area contributed by atoms with Gasteiger partial charge in [-0.15, -0.1) is 0 Å². The summed E-state index contributed by atoms with van der Waals surface area (Å²) in [5, 5.41) is 30.8. The van der Waals surface area contributed by atoms with Crippen LogP contribution < -0.4 is 33.1 Å². The molecule has 280 valence electrons. The van der Waals surface area contributed by atoms with E-state index in [0.29, 0.717) is 13.1 Å². The first-order chi connectivity index (χ1) is 21.4. The molecule has 0 spiro atoms. The first-order valence-corrected chi connectivity index (χ1v) is 16.6. The average Bonchev–Trinajstić information content (AvgIpc) is 2.93. The van der Waals surface area contributed by atoms with Gasteiger partial charge in [0.2, 0.25) is 0 Å². The van der Waals surface area contributed by atoms with Crippen LogP contribution in [0.1, 0.15) is 25.0 Å². The highest BCUT2D eigenvalue weighted by Crippen LogP contribution is 2.21. The topological polar surface area (TPSA) is 415 Å². The SMILES string of the molecule is CCN(CCO)c1ccc(C)c(N)c1.CCN(CCO)c1ccc(C)c(N)c1.NO.NO.O=S(=O)(O)O.O=S(=O)(O)O.O=S(=O)(O)O. The summed E-state index contributed by atoms with van der Waals surface area (Å²) in [5.41, 5.74) is 17.6. The van der Waals surface area contributed by atoms with Crippen molar-refractivity contribution in [1.82, 2.24) is 0 Å². The van der Waals surface area contributed by atoms with Gasteiger partial charge in [-0.25, -0.2) is 11.8 Å². The number of nitrogen functional groups attached to an aromatic ring is 2. The molecule has 0 atom stereocenters. The van der Waals surface area contributed by atoms with Gasteiger partial charge in [0.1, 0.15) is 0 Å². The molecular weight excluding hydrogens is 700 g/mol. The first-order valence-electron chi connectivity index (χ1n) is 12.4. The summed E-state index contributed by atoms with van der Waals surface area (Å²) in [6, 6.07) is 12.0. The quantitative estimate of drug-likeness (QED) is 0.0919. The molecule has 47 heavy (non-hydrogen) atoms. The van der Waals surface area contributed by atoms with Gasteiger partial charge < -0.3 is 41.9 Å². The number of aliphatic hydroxyl groups is 2. The van der Waals surface area contributed by atoms with E-state index in [1.165, 1.54) is 0 Å². The normalized spacial score (nSPS) is 10.0. The molecule has 2 aromatic rings. The van der Waals surface area contributed by atoms with E-state index >= 15 is 0 Å². The molecule has 0 radical (unpaired) electrons. The molecule has 0 saturated heterocycles. The monoisotopic (exact) mass is 748 g/mol. The van der Waals surface area contributed by atoms with E-state index in [1.54, 1.807) is 0 Å². The van der Waals surface area contributed by atoms with Crippen molar-refractivity contribution < 1.29 is 73.2 Å². The second-order valence-electron chi connectivity index (χ2n) is 8.03. The Morgan fingerprint density at radius 1 is 0.553 bits per heavy atom. The van der Waals surface area contributed by atoms with Crippen molar-refractivity contribution in [1.29, 1.82) is 0 Å². The van der Waals surface area contributed by atoms with E-state index in [9.17, 15) is 0 Å². The van der Waals surface area contributed by atoms with Gasteiger partial charge in [-0.2, -0.15) is 25.3 Å². The van der Waals surface area contributed by atoms with Crippen LogP contribution in [0.2, 0.25) is 0 Å². The maximum atomic E-state index is 8.88. The highest BCUT2D eigenvalue weighted by atomic mass is 32.3. The number of hydrogen-bond donors (Lipinski definition) is 14. The summed E-state index contributed by atoms with van der Waals surface area (Å²) >= 11 is 0. The number of aliphatic hydroxyl groups excluding tert-OH is 2. The maximum absolute atomic E-state index is 8.88. The zero-order chi connectivity index (χ0) is 38.6. The Morgan fingerprint density at radius 2 is 0.766 bits per heavy atom. The summed E-state index contributed by atoms with van der Waals surface area (Å²) in [7, 11) is -14.0. The summed E-state index contributed by atoms with van der Waals surface area (Å²) in [6.45, 7) is 11.5. The molecule has 0 unspecified atom stereocenters. The Bertz CT molecular complexity index is 1240. The lowest BCUT2D eigenvalue weighted by Gasteiger charge is -2.22. The molecule has 0 aromatic heterocycles. The Labute approximate surface area is 274 Å². The Morgan fingerprint density at radius 3 is 0.915 bits per heavy atom. The smallest absolute Gasteiger partial charge is 0.394 e. The van der Waals surface area contributed by atoms with Crippen LogP contribution in [0.15, 0.2) is 36.4 Å². The number of rotatable bonds is 8. The van der Waals surface area contributed by atoms with Crippen LogP contribution >= 0.6 is 0 Å². The van der Waals surface area contributed by atoms with Crippen molar-refractivity contribution in [2.45, 2.75) is 27.7 Å². The molecule has 0 aliphatic carbocycles. The Kier molecular flexibility index (Phi) is 33.2. The van der Waals surface area contributed by atoms with Crippen molar-refractivity contribution >= 4 is 53.9 Å². The lowest BCUT2D eigenvalue weighted by atomic mass is 10.1. The number of likely N-dealkylation sites (N-methyl/N-ethyl adjacent to an activating group) is 2. The van der Waals surface area contributed by atoms with Gasteiger partial charge in [-0.1, -0.05) is 12.1 Å². The van der Waals surface area contributed by atoms with E-state index in [2.05, 4.69) is 35.4 Å². The molecule has 0 amide bonds. The molecule has 2 rings (SSSR count). The average molecular weight is 749 g/mol. The molecule has 25 heteroatoms. The van der Waals surface area contributed by atoms with Crippen molar-refractivity contribution in [2.24, 2.45) is 11.8 Å². The van der Waals surface area contributed by atoms with Crippen LogP contribution in [-0.4, -0.2) is 113 Å². The van der Waals surface area contributed by atoms with Crippen LogP contribution in [0.5, 0.6) is 0 Å².